The van der Waals surface area contributed by atoms with Crippen molar-refractivity contribution in [2.75, 3.05) is 19.5 Å². The summed E-state index contributed by atoms with van der Waals surface area (Å²) in [6.45, 7) is 3.82. The van der Waals surface area contributed by atoms with Gasteiger partial charge in [-0.15, -0.1) is 0 Å². The van der Waals surface area contributed by atoms with Crippen LogP contribution in [0.2, 0.25) is 0 Å². The van der Waals surface area contributed by atoms with E-state index in [1.807, 2.05) is 72.1 Å². The first-order chi connectivity index (χ1) is 21.0. The lowest BCUT2D eigenvalue weighted by atomic mass is 10.0. The van der Waals surface area contributed by atoms with Crippen LogP contribution in [0.25, 0.3) is 39.1 Å². The highest BCUT2D eigenvalue weighted by molar-refractivity contribution is 5.94. The molecule has 5 heterocycles. The van der Waals surface area contributed by atoms with Gasteiger partial charge in [0.1, 0.15) is 28.4 Å². The Labute approximate surface area is 249 Å². The van der Waals surface area contributed by atoms with Gasteiger partial charge in [-0.05, 0) is 93.0 Å². The Kier molecular flexibility index (Phi) is 7.52. The second-order valence-electron chi connectivity index (χ2n) is 10.0. The van der Waals surface area contributed by atoms with Crippen LogP contribution in [0.1, 0.15) is 23.7 Å². The van der Waals surface area contributed by atoms with Crippen molar-refractivity contribution >= 4 is 28.3 Å². The van der Waals surface area contributed by atoms with E-state index in [4.69, 9.17) is 14.7 Å². The first kappa shape index (κ1) is 27.6. The number of carbonyl (C=O) groups is 1. The maximum Gasteiger partial charge on any atom is 0.242 e. The van der Waals surface area contributed by atoms with Crippen LogP contribution in [0.5, 0.6) is 5.75 Å². The number of likely N-dealkylation sites (N-methyl/N-ethyl adjacent to an activating group) is 1. The number of imidazole rings is 1. The molecular formula is C34H29N7O2. The molecule has 1 amide bonds. The quantitative estimate of drug-likeness (QED) is 0.264. The van der Waals surface area contributed by atoms with Gasteiger partial charge >= 0.3 is 0 Å². The smallest absolute Gasteiger partial charge is 0.242 e. The summed E-state index contributed by atoms with van der Waals surface area (Å²) in [4.78, 5) is 31.3. The van der Waals surface area contributed by atoms with Crippen LogP contribution in [-0.2, 0) is 4.79 Å². The number of aryl methyl sites for hydroxylation is 1. The Hall–Kier alpha value is -5.59. The molecule has 0 radical (unpaired) electrons. The standard InChI is InChI=1S/C34H29N7O2/c1-21-15-19-41-30(20-21)40-31(24-13-17-36-18-14-24)33(41)26-9-12-29(39-34(42)22(2)35-3)38-27(26)10-7-23-8-11-28(43-4)32-25(23)6-5-16-37-32/h5-6,8-9,11-20,22,35H,1-4H3,(H,38,39,42). The van der Waals surface area contributed by atoms with E-state index in [0.717, 1.165) is 50.2 Å². The lowest BCUT2D eigenvalue weighted by molar-refractivity contribution is -0.117. The number of methoxy groups -OCH3 is 1. The zero-order chi connectivity index (χ0) is 29.9. The topological polar surface area (TPSA) is 106 Å². The number of nitrogens with one attached hydrogen (secondary N) is 2. The number of nitrogens with zero attached hydrogens (tertiary/aromatic N) is 5. The van der Waals surface area contributed by atoms with Crippen molar-refractivity contribution in [3.05, 3.63) is 102 Å². The Bertz CT molecular complexity index is 2040. The van der Waals surface area contributed by atoms with Crippen molar-refractivity contribution in [1.82, 2.24) is 29.7 Å². The number of aromatic nitrogens is 5. The van der Waals surface area contributed by atoms with E-state index in [2.05, 4.69) is 32.4 Å². The summed E-state index contributed by atoms with van der Waals surface area (Å²) in [6.07, 6.45) is 7.23. The molecule has 0 fully saturated rings. The first-order valence-electron chi connectivity index (χ1n) is 13.8. The van der Waals surface area contributed by atoms with Crippen LogP contribution >= 0.6 is 0 Å². The number of hydrogen-bond acceptors (Lipinski definition) is 7. The summed E-state index contributed by atoms with van der Waals surface area (Å²) < 4.78 is 7.56. The molecule has 0 bridgehead atoms. The van der Waals surface area contributed by atoms with Crippen LogP contribution in [-0.4, -0.2) is 50.4 Å². The number of ether oxygens (including phenoxy) is 1. The molecule has 5 aromatic heterocycles. The molecule has 0 saturated carbocycles. The third-order valence-electron chi connectivity index (χ3n) is 7.23. The number of rotatable bonds is 6. The maximum atomic E-state index is 12.7. The van der Waals surface area contributed by atoms with Crippen LogP contribution in [0, 0.1) is 18.8 Å². The molecule has 43 heavy (non-hydrogen) atoms. The third kappa shape index (κ3) is 5.39. The number of anilines is 1. The number of benzene rings is 1. The fourth-order valence-corrected chi connectivity index (χ4v) is 4.84. The highest BCUT2D eigenvalue weighted by Gasteiger charge is 2.20. The summed E-state index contributed by atoms with van der Waals surface area (Å²) in [5.74, 6) is 7.50. The van der Waals surface area contributed by atoms with Crippen molar-refractivity contribution in [2.24, 2.45) is 0 Å². The number of pyridine rings is 4. The Morgan fingerprint density at radius 1 is 1.00 bits per heavy atom. The number of carbonyl (C=O) groups excluding carboxylic acids is 1. The van der Waals surface area contributed by atoms with Crippen LogP contribution in [0.15, 0.2) is 85.5 Å². The highest BCUT2D eigenvalue weighted by atomic mass is 16.5. The molecular weight excluding hydrogens is 538 g/mol. The molecule has 0 aliphatic carbocycles. The van der Waals surface area contributed by atoms with Crippen LogP contribution in [0.3, 0.4) is 0 Å². The Balaban J connectivity index is 1.58. The van der Waals surface area contributed by atoms with E-state index in [0.29, 0.717) is 17.3 Å². The summed E-state index contributed by atoms with van der Waals surface area (Å²) >= 11 is 0. The van der Waals surface area contributed by atoms with Gasteiger partial charge in [-0.25, -0.2) is 9.97 Å². The van der Waals surface area contributed by atoms with E-state index in [-0.39, 0.29) is 5.91 Å². The molecule has 6 rings (SSSR count). The largest absolute Gasteiger partial charge is 0.494 e. The normalized spacial score (nSPS) is 11.6. The third-order valence-corrected chi connectivity index (χ3v) is 7.23. The van der Waals surface area contributed by atoms with Gasteiger partial charge < -0.3 is 15.4 Å². The number of fused-ring (bicyclic) bond motifs is 2. The zero-order valence-corrected chi connectivity index (χ0v) is 24.2. The SMILES string of the molecule is CNC(C)C(=O)Nc1ccc(-c2c(-c3ccncc3)nc3cc(C)ccn23)c(C#Cc2ccc(OC)c3ncccc23)n1. The van der Waals surface area contributed by atoms with Crippen molar-refractivity contribution in [3.63, 3.8) is 0 Å². The molecule has 212 valence electrons. The molecule has 9 nitrogen and oxygen atoms in total. The summed E-state index contributed by atoms with van der Waals surface area (Å²) in [5, 5.41) is 6.72. The van der Waals surface area contributed by atoms with Crippen LogP contribution in [0.4, 0.5) is 5.82 Å². The van der Waals surface area contributed by atoms with Crippen molar-refractivity contribution in [1.29, 1.82) is 0 Å². The van der Waals surface area contributed by atoms with Gasteiger partial charge in [-0.2, -0.15) is 0 Å². The molecule has 1 aromatic carbocycles. The Morgan fingerprint density at radius 3 is 2.63 bits per heavy atom. The van der Waals surface area contributed by atoms with Gasteiger partial charge in [0, 0.05) is 46.9 Å². The molecule has 6 aromatic rings. The second kappa shape index (κ2) is 11.7. The van der Waals surface area contributed by atoms with E-state index < -0.39 is 6.04 Å². The summed E-state index contributed by atoms with van der Waals surface area (Å²) in [7, 11) is 3.36. The Morgan fingerprint density at radius 2 is 1.84 bits per heavy atom. The predicted octanol–water partition coefficient (Wildman–Crippen LogP) is 5.27. The van der Waals surface area contributed by atoms with Gasteiger partial charge in [0.2, 0.25) is 5.91 Å². The minimum absolute atomic E-state index is 0.198. The predicted molar refractivity (Wildman–Crippen MR) is 168 cm³/mol. The minimum atomic E-state index is -0.394. The lowest BCUT2D eigenvalue weighted by Gasteiger charge is -2.13. The maximum absolute atomic E-state index is 12.7. The molecule has 0 aliphatic rings. The van der Waals surface area contributed by atoms with Crippen molar-refractivity contribution in [2.45, 2.75) is 19.9 Å². The molecule has 9 heteroatoms. The molecule has 0 spiro atoms. The minimum Gasteiger partial charge on any atom is -0.494 e. The number of hydrogen-bond donors (Lipinski definition) is 2. The monoisotopic (exact) mass is 567 g/mol. The highest BCUT2D eigenvalue weighted by Crippen LogP contribution is 2.35. The van der Waals surface area contributed by atoms with Crippen molar-refractivity contribution in [3.8, 4) is 40.1 Å². The van der Waals surface area contributed by atoms with Gasteiger partial charge in [-0.3, -0.25) is 19.2 Å². The first-order valence-corrected chi connectivity index (χ1v) is 13.8. The summed E-state index contributed by atoms with van der Waals surface area (Å²) in [5.41, 5.74) is 7.18. The molecule has 1 unspecified atom stereocenters. The summed E-state index contributed by atoms with van der Waals surface area (Å²) in [6, 6.07) is 18.9. The zero-order valence-electron chi connectivity index (χ0n) is 24.2. The van der Waals surface area contributed by atoms with Gasteiger partial charge in [0.05, 0.1) is 24.5 Å². The van der Waals surface area contributed by atoms with Gasteiger partial charge in [0.15, 0.2) is 0 Å². The lowest BCUT2D eigenvalue weighted by Crippen LogP contribution is -2.35. The van der Waals surface area contributed by atoms with E-state index in [1.54, 1.807) is 45.7 Å². The van der Waals surface area contributed by atoms with Crippen molar-refractivity contribution < 1.29 is 9.53 Å². The molecule has 0 saturated heterocycles. The van der Waals surface area contributed by atoms with Gasteiger partial charge in [0.25, 0.3) is 0 Å². The van der Waals surface area contributed by atoms with E-state index in [1.165, 1.54) is 0 Å². The molecule has 1 atom stereocenters. The fourth-order valence-electron chi connectivity index (χ4n) is 4.84. The average Bonchev–Trinajstić information content (AvgIpc) is 3.42. The fraction of sp³-hybridized carbons (Fsp3) is 0.147. The molecule has 0 aliphatic heterocycles. The second-order valence-corrected chi connectivity index (χ2v) is 10.0. The van der Waals surface area contributed by atoms with Crippen LogP contribution < -0.4 is 15.4 Å². The molecule has 2 N–H and O–H groups in total. The number of amides is 1. The van der Waals surface area contributed by atoms with E-state index >= 15 is 0 Å². The van der Waals surface area contributed by atoms with E-state index in [9.17, 15) is 4.79 Å². The van der Waals surface area contributed by atoms with Gasteiger partial charge in [-0.1, -0.05) is 5.92 Å². The average molecular weight is 568 g/mol.